The maximum Gasteiger partial charge on any atom is 0.332 e. The van der Waals surface area contributed by atoms with Gasteiger partial charge >= 0.3 is 5.69 Å². The lowest BCUT2D eigenvalue weighted by molar-refractivity contribution is 0.104. The summed E-state index contributed by atoms with van der Waals surface area (Å²) in [4.78, 5) is 37.1. The summed E-state index contributed by atoms with van der Waals surface area (Å²) in [7, 11) is 1.34. The van der Waals surface area contributed by atoms with Crippen molar-refractivity contribution < 1.29 is 9.18 Å². The summed E-state index contributed by atoms with van der Waals surface area (Å²) in [6.45, 7) is 2.25. The molecule has 2 heterocycles. The van der Waals surface area contributed by atoms with Gasteiger partial charge in [-0.2, -0.15) is 0 Å². The van der Waals surface area contributed by atoms with Crippen molar-refractivity contribution in [1.29, 1.82) is 0 Å². The van der Waals surface area contributed by atoms with E-state index < -0.39 is 22.8 Å². The number of ketones is 1. The standard InChI is InChI=1S/C17H16FN3O3/c1-3-8-21-15-13(16(23)20(2)17(21)24)14(22)12(19-15)9-10-6-4-5-7-11(10)18/h4-7,9,19H,3,8H2,1-2H3/b12-9-. The highest BCUT2D eigenvalue weighted by molar-refractivity contribution is 6.19. The number of fused-ring (bicyclic) bond motifs is 1. The van der Waals surface area contributed by atoms with Crippen LogP contribution in [0.4, 0.5) is 10.2 Å². The zero-order valence-corrected chi connectivity index (χ0v) is 13.3. The molecular formula is C17H16FN3O3. The average molecular weight is 329 g/mol. The zero-order valence-electron chi connectivity index (χ0n) is 13.3. The van der Waals surface area contributed by atoms with E-state index in [1.807, 2.05) is 6.92 Å². The van der Waals surface area contributed by atoms with Gasteiger partial charge in [0.1, 0.15) is 17.2 Å². The lowest BCUT2D eigenvalue weighted by Crippen LogP contribution is -2.40. The summed E-state index contributed by atoms with van der Waals surface area (Å²) in [5.41, 5.74) is -0.942. The van der Waals surface area contributed by atoms with Gasteiger partial charge in [0, 0.05) is 19.2 Å². The molecule has 0 aliphatic carbocycles. The van der Waals surface area contributed by atoms with Gasteiger partial charge in [0.2, 0.25) is 5.78 Å². The van der Waals surface area contributed by atoms with Crippen molar-refractivity contribution >= 4 is 17.7 Å². The van der Waals surface area contributed by atoms with E-state index in [4.69, 9.17) is 0 Å². The summed E-state index contributed by atoms with van der Waals surface area (Å²) in [6.07, 6.45) is 2.00. The number of rotatable bonds is 3. The van der Waals surface area contributed by atoms with E-state index >= 15 is 0 Å². The lowest BCUT2D eigenvalue weighted by Gasteiger charge is -2.11. The Morgan fingerprint density at radius 2 is 1.92 bits per heavy atom. The molecule has 3 rings (SSSR count). The number of allylic oxidation sites excluding steroid dienone is 1. The Hall–Kier alpha value is -2.96. The fourth-order valence-corrected chi connectivity index (χ4v) is 2.70. The smallest absolute Gasteiger partial charge is 0.332 e. The first-order valence-electron chi connectivity index (χ1n) is 7.57. The van der Waals surface area contributed by atoms with Crippen LogP contribution in [-0.4, -0.2) is 14.9 Å². The number of nitrogens with one attached hydrogen (secondary N) is 1. The van der Waals surface area contributed by atoms with Crippen LogP contribution in [0.3, 0.4) is 0 Å². The third-order valence-corrected chi connectivity index (χ3v) is 3.92. The van der Waals surface area contributed by atoms with Crippen molar-refractivity contribution in [3.63, 3.8) is 0 Å². The molecule has 0 fully saturated rings. The Bertz CT molecular complexity index is 986. The van der Waals surface area contributed by atoms with E-state index in [0.29, 0.717) is 13.0 Å². The molecule has 0 bridgehead atoms. The van der Waals surface area contributed by atoms with Crippen molar-refractivity contribution in [3.05, 3.63) is 67.7 Å². The van der Waals surface area contributed by atoms with Crippen LogP contribution in [0.25, 0.3) is 6.08 Å². The van der Waals surface area contributed by atoms with E-state index in [1.165, 1.54) is 29.8 Å². The van der Waals surface area contributed by atoms with Gasteiger partial charge in [-0.25, -0.2) is 9.18 Å². The van der Waals surface area contributed by atoms with Crippen LogP contribution in [0, 0.1) is 5.82 Å². The highest BCUT2D eigenvalue weighted by Gasteiger charge is 2.32. The fourth-order valence-electron chi connectivity index (χ4n) is 2.70. The molecule has 1 aliphatic heterocycles. The second kappa shape index (κ2) is 5.92. The summed E-state index contributed by atoms with van der Waals surface area (Å²) in [6, 6.07) is 6.00. The molecule has 0 saturated carbocycles. The minimum Gasteiger partial charge on any atom is -0.338 e. The number of aromatic nitrogens is 2. The van der Waals surface area contributed by atoms with Crippen molar-refractivity contribution in [1.82, 2.24) is 9.13 Å². The summed E-state index contributed by atoms with van der Waals surface area (Å²) < 4.78 is 16.1. The molecule has 0 spiro atoms. The third-order valence-electron chi connectivity index (χ3n) is 3.92. The number of carbonyl (C=O) groups is 1. The fraction of sp³-hybridized carbons (Fsp3) is 0.235. The van der Waals surface area contributed by atoms with Gasteiger partial charge in [0.05, 0.1) is 5.70 Å². The molecule has 0 atom stereocenters. The summed E-state index contributed by atoms with van der Waals surface area (Å²) in [5.74, 6) is -0.842. The van der Waals surface area contributed by atoms with E-state index in [2.05, 4.69) is 5.32 Å². The largest absolute Gasteiger partial charge is 0.338 e. The topological polar surface area (TPSA) is 73.1 Å². The van der Waals surface area contributed by atoms with Gasteiger partial charge in [-0.15, -0.1) is 0 Å². The first-order chi connectivity index (χ1) is 11.5. The molecule has 1 N–H and O–H groups in total. The number of Topliss-reactive ketones (excluding diaryl/α,β-unsaturated/α-hetero) is 1. The lowest BCUT2D eigenvalue weighted by atomic mass is 10.1. The monoisotopic (exact) mass is 329 g/mol. The number of nitrogens with zero attached hydrogens (tertiary/aromatic N) is 2. The van der Waals surface area contributed by atoms with Crippen LogP contribution < -0.4 is 16.6 Å². The number of anilines is 1. The highest BCUT2D eigenvalue weighted by atomic mass is 19.1. The summed E-state index contributed by atoms with van der Waals surface area (Å²) in [5, 5.41) is 2.82. The number of hydrogen-bond donors (Lipinski definition) is 1. The minimum absolute atomic E-state index is 0.0719. The number of hydrogen-bond acceptors (Lipinski definition) is 4. The number of halogens is 1. The molecule has 1 aromatic carbocycles. The predicted octanol–water partition coefficient (Wildman–Crippen LogP) is 1.75. The zero-order chi connectivity index (χ0) is 17.4. The van der Waals surface area contributed by atoms with E-state index in [0.717, 1.165) is 4.57 Å². The Morgan fingerprint density at radius 1 is 1.21 bits per heavy atom. The second-order valence-electron chi connectivity index (χ2n) is 5.56. The van der Waals surface area contributed by atoms with Crippen LogP contribution in [0.2, 0.25) is 0 Å². The van der Waals surface area contributed by atoms with Crippen molar-refractivity contribution in [2.24, 2.45) is 7.05 Å². The van der Waals surface area contributed by atoms with Gasteiger partial charge in [-0.1, -0.05) is 25.1 Å². The van der Waals surface area contributed by atoms with Crippen LogP contribution in [-0.2, 0) is 13.6 Å². The maximum absolute atomic E-state index is 13.8. The Balaban J connectivity index is 2.19. The maximum atomic E-state index is 13.8. The molecule has 6 nitrogen and oxygen atoms in total. The molecule has 24 heavy (non-hydrogen) atoms. The first kappa shape index (κ1) is 15.9. The molecule has 0 radical (unpaired) electrons. The molecule has 0 saturated heterocycles. The van der Waals surface area contributed by atoms with Gasteiger partial charge in [-0.3, -0.25) is 18.7 Å². The Labute approximate surface area is 136 Å². The Kier molecular flexibility index (Phi) is 3.92. The van der Waals surface area contributed by atoms with Crippen LogP contribution in [0.1, 0.15) is 29.3 Å². The summed E-state index contributed by atoms with van der Waals surface area (Å²) >= 11 is 0. The van der Waals surface area contributed by atoms with Crippen molar-refractivity contribution in [3.8, 4) is 0 Å². The minimum atomic E-state index is -0.656. The average Bonchev–Trinajstić information content (AvgIpc) is 2.88. The molecular weight excluding hydrogens is 313 g/mol. The van der Waals surface area contributed by atoms with E-state index in [-0.39, 0.29) is 22.6 Å². The van der Waals surface area contributed by atoms with Gasteiger partial charge in [-0.05, 0) is 18.6 Å². The molecule has 0 amide bonds. The molecule has 124 valence electrons. The number of benzene rings is 1. The van der Waals surface area contributed by atoms with Crippen LogP contribution in [0.15, 0.2) is 39.6 Å². The molecule has 7 heteroatoms. The second-order valence-corrected chi connectivity index (χ2v) is 5.56. The predicted molar refractivity (Wildman–Crippen MR) is 88.6 cm³/mol. The first-order valence-corrected chi connectivity index (χ1v) is 7.57. The van der Waals surface area contributed by atoms with Gasteiger partial charge in [0.15, 0.2) is 0 Å². The SMILES string of the molecule is CCCn1c2c(c(=O)n(C)c1=O)C(=O)/C(=C/c1ccccc1F)N2. The van der Waals surface area contributed by atoms with Gasteiger partial charge in [0.25, 0.3) is 5.56 Å². The number of carbonyl (C=O) groups excluding carboxylic acids is 1. The molecule has 2 aromatic rings. The van der Waals surface area contributed by atoms with Crippen LogP contribution in [0.5, 0.6) is 0 Å². The highest BCUT2D eigenvalue weighted by Crippen LogP contribution is 2.26. The van der Waals surface area contributed by atoms with Crippen LogP contribution >= 0.6 is 0 Å². The van der Waals surface area contributed by atoms with E-state index in [9.17, 15) is 18.8 Å². The van der Waals surface area contributed by atoms with E-state index in [1.54, 1.807) is 12.1 Å². The Morgan fingerprint density at radius 3 is 2.58 bits per heavy atom. The van der Waals surface area contributed by atoms with Crippen molar-refractivity contribution in [2.75, 3.05) is 5.32 Å². The molecule has 1 aromatic heterocycles. The van der Waals surface area contributed by atoms with Crippen molar-refractivity contribution in [2.45, 2.75) is 19.9 Å². The normalized spacial score (nSPS) is 14.8. The third kappa shape index (κ3) is 2.38. The quantitative estimate of drug-likeness (QED) is 0.871. The molecule has 0 unspecified atom stereocenters. The van der Waals surface area contributed by atoms with Gasteiger partial charge < -0.3 is 5.32 Å². The molecule has 1 aliphatic rings.